The summed E-state index contributed by atoms with van der Waals surface area (Å²) >= 11 is 1.38. The van der Waals surface area contributed by atoms with Crippen molar-refractivity contribution in [2.24, 2.45) is 0 Å². The topological polar surface area (TPSA) is 111 Å². The van der Waals surface area contributed by atoms with Gasteiger partial charge >= 0.3 is 12.0 Å². The van der Waals surface area contributed by atoms with E-state index in [0.717, 1.165) is 11.3 Å². The first-order valence-corrected chi connectivity index (χ1v) is 12.4. The molecule has 0 saturated carbocycles. The average molecular weight is 496 g/mol. The van der Waals surface area contributed by atoms with Crippen LogP contribution in [0, 0.1) is 0 Å². The summed E-state index contributed by atoms with van der Waals surface area (Å²) in [6.07, 6.45) is 1.63. The molecule has 2 aromatic heterocycles. The Morgan fingerprint density at radius 2 is 1.97 bits per heavy atom. The van der Waals surface area contributed by atoms with E-state index in [4.69, 9.17) is 9.15 Å². The van der Waals surface area contributed by atoms with Crippen molar-refractivity contribution in [1.82, 2.24) is 25.4 Å². The predicted molar refractivity (Wildman–Crippen MR) is 133 cm³/mol. The number of nitrogens with one attached hydrogen (secondary N) is 2. The fraction of sp³-hybridized carbons (Fsp3) is 0.360. The molecule has 35 heavy (non-hydrogen) atoms. The lowest BCUT2D eigenvalue weighted by molar-refractivity contribution is -0.138. The van der Waals surface area contributed by atoms with E-state index >= 15 is 0 Å². The van der Waals surface area contributed by atoms with Gasteiger partial charge in [-0.15, -0.1) is 10.2 Å². The summed E-state index contributed by atoms with van der Waals surface area (Å²) in [5.74, 6) is 1.34. The number of nitrogens with zero attached hydrogens (tertiary/aromatic N) is 3. The number of amides is 2. The van der Waals surface area contributed by atoms with Crippen molar-refractivity contribution >= 4 is 23.8 Å². The quantitative estimate of drug-likeness (QED) is 0.357. The molecule has 2 N–H and O–H groups in total. The lowest BCUT2D eigenvalue weighted by Crippen LogP contribution is -2.44. The Kier molecular flexibility index (Phi) is 7.30. The van der Waals surface area contributed by atoms with Crippen LogP contribution in [0.1, 0.15) is 39.0 Å². The molecule has 0 unspecified atom stereocenters. The largest absolute Gasteiger partial charge is 0.467 e. The number of carbonyl (C=O) groups excluding carboxylic acids is 2. The van der Waals surface area contributed by atoms with Gasteiger partial charge in [0.05, 0.1) is 31.5 Å². The van der Waals surface area contributed by atoms with Crippen molar-refractivity contribution in [1.29, 1.82) is 0 Å². The molecule has 1 aliphatic heterocycles. The van der Waals surface area contributed by atoms with Gasteiger partial charge in [-0.3, -0.25) is 4.57 Å². The van der Waals surface area contributed by atoms with Crippen LogP contribution in [0.3, 0.4) is 0 Å². The minimum atomic E-state index is -0.452. The molecule has 1 aromatic carbocycles. The number of thioether (sulfide) groups is 1. The highest BCUT2D eigenvalue weighted by Crippen LogP contribution is 2.29. The van der Waals surface area contributed by atoms with Crippen LogP contribution in [0.4, 0.5) is 4.79 Å². The van der Waals surface area contributed by atoms with Crippen LogP contribution in [0.25, 0.3) is 11.4 Å². The number of ether oxygens (including phenoxy) is 1. The molecule has 3 aromatic rings. The Labute approximate surface area is 208 Å². The van der Waals surface area contributed by atoms with E-state index in [1.165, 1.54) is 17.3 Å². The standard InChI is InChI=1S/C25H29N5O4S/c1-5-33-22(31)19-13-26-23(32)27-20(19)15-35-24-29-28-21(30(24)14-18-7-6-12-34-18)16-8-10-17(11-9-16)25(2,3)4/h6-12H,5,13-15H2,1-4H3,(H2,26,27,32). The van der Waals surface area contributed by atoms with Gasteiger partial charge < -0.3 is 19.8 Å². The van der Waals surface area contributed by atoms with Crippen molar-refractivity contribution < 1.29 is 18.7 Å². The third-order valence-electron chi connectivity index (χ3n) is 5.54. The summed E-state index contributed by atoms with van der Waals surface area (Å²) in [7, 11) is 0. The Bertz CT molecular complexity index is 1220. The SMILES string of the molecule is CCOC(=O)C1=C(CSc2nnc(-c3ccc(C(C)(C)C)cc3)n2Cc2ccco2)NC(=O)NC1. The number of carbonyl (C=O) groups is 2. The summed E-state index contributed by atoms with van der Waals surface area (Å²) in [5.41, 5.74) is 3.11. The van der Waals surface area contributed by atoms with Gasteiger partial charge in [0.25, 0.3) is 0 Å². The van der Waals surface area contributed by atoms with E-state index in [9.17, 15) is 9.59 Å². The lowest BCUT2D eigenvalue weighted by atomic mass is 9.87. The second kappa shape index (κ2) is 10.4. The molecule has 4 rings (SSSR count). The van der Waals surface area contributed by atoms with Crippen molar-refractivity contribution in [2.45, 2.75) is 44.8 Å². The maximum Gasteiger partial charge on any atom is 0.337 e. The molecule has 0 aliphatic carbocycles. The van der Waals surface area contributed by atoms with Gasteiger partial charge in [-0.2, -0.15) is 0 Å². The van der Waals surface area contributed by atoms with Crippen LogP contribution >= 0.6 is 11.8 Å². The third-order valence-corrected chi connectivity index (χ3v) is 6.54. The van der Waals surface area contributed by atoms with Gasteiger partial charge in [0.2, 0.25) is 0 Å². The first kappa shape index (κ1) is 24.6. The highest BCUT2D eigenvalue weighted by Gasteiger charge is 2.25. The fourth-order valence-corrected chi connectivity index (χ4v) is 4.56. The third kappa shape index (κ3) is 5.76. The predicted octanol–water partition coefficient (Wildman–Crippen LogP) is 4.11. The number of urea groups is 1. The van der Waals surface area contributed by atoms with Crippen LogP contribution in [0.15, 0.2) is 63.5 Å². The van der Waals surface area contributed by atoms with E-state index in [1.54, 1.807) is 13.2 Å². The molecule has 0 fully saturated rings. The Morgan fingerprint density at radius 1 is 1.20 bits per heavy atom. The first-order chi connectivity index (χ1) is 16.8. The van der Waals surface area contributed by atoms with Crippen molar-refractivity contribution in [2.75, 3.05) is 18.9 Å². The molecule has 0 bridgehead atoms. The lowest BCUT2D eigenvalue weighted by Gasteiger charge is -2.21. The summed E-state index contributed by atoms with van der Waals surface area (Å²) < 4.78 is 12.7. The molecule has 10 heteroatoms. The van der Waals surface area contributed by atoms with Gasteiger partial charge in [-0.1, -0.05) is 56.8 Å². The van der Waals surface area contributed by atoms with Gasteiger partial charge in [0.15, 0.2) is 11.0 Å². The van der Waals surface area contributed by atoms with Crippen LogP contribution in [-0.4, -0.2) is 45.7 Å². The molecule has 184 valence electrons. The molecule has 2 amide bonds. The zero-order valence-electron chi connectivity index (χ0n) is 20.3. The van der Waals surface area contributed by atoms with Crippen LogP contribution in [0.2, 0.25) is 0 Å². The normalized spacial score (nSPS) is 14.0. The number of hydrogen-bond acceptors (Lipinski definition) is 7. The molecular weight excluding hydrogens is 466 g/mol. The van der Waals surface area contributed by atoms with E-state index < -0.39 is 5.97 Å². The smallest absolute Gasteiger partial charge is 0.337 e. The van der Waals surface area contributed by atoms with Gasteiger partial charge in [-0.05, 0) is 30.0 Å². The Hall–Kier alpha value is -3.53. The summed E-state index contributed by atoms with van der Waals surface area (Å²) in [4.78, 5) is 24.3. The molecule has 0 saturated heterocycles. The average Bonchev–Trinajstić information content (AvgIpc) is 3.48. The zero-order valence-corrected chi connectivity index (χ0v) is 21.1. The minimum Gasteiger partial charge on any atom is -0.467 e. The van der Waals surface area contributed by atoms with Gasteiger partial charge in [0, 0.05) is 17.0 Å². The highest BCUT2D eigenvalue weighted by molar-refractivity contribution is 7.99. The van der Waals surface area contributed by atoms with E-state index in [0.29, 0.717) is 34.5 Å². The Morgan fingerprint density at radius 3 is 2.63 bits per heavy atom. The Balaban J connectivity index is 1.64. The second-order valence-corrected chi connectivity index (χ2v) is 10.0. The van der Waals surface area contributed by atoms with Crippen LogP contribution in [-0.2, 0) is 21.5 Å². The molecular formula is C25H29N5O4S. The number of hydrogen-bond donors (Lipinski definition) is 2. The van der Waals surface area contributed by atoms with E-state index in [-0.39, 0.29) is 24.6 Å². The minimum absolute atomic E-state index is 0.0467. The number of esters is 1. The van der Waals surface area contributed by atoms with E-state index in [2.05, 4.69) is 53.7 Å². The summed E-state index contributed by atoms with van der Waals surface area (Å²) in [6.45, 7) is 9.08. The van der Waals surface area contributed by atoms with Crippen LogP contribution in [0.5, 0.6) is 0 Å². The van der Waals surface area contributed by atoms with Gasteiger partial charge in [-0.25, -0.2) is 9.59 Å². The van der Waals surface area contributed by atoms with Crippen molar-refractivity contribution in [3.63, 3.8) is 0 Å². The number of furan rings is 1. The molecule has 0 atom stereocenters. The highest BCUT2D eigenvalue weighted by atomic mass is 32.2. The first-order valence-electron chi connectivity index (χ1n) is 11.4. The van der Waals surface area contributed by atoms with Crippen LogP contribution < -0.4 is 10.6 Å². The number of benzene rings is 1. The van der Waals surface area contributed by atoms with Gasteiger partial charge in [0.1, 0.15) is 5.76 Å². The van der Waals surface area contributed by atoms with Crippen molar-refractivity contribution in [3.8, 4) is 11.4 Å². The molecule has 1 aliphatic rings. The zero-order chi connectivity index (χ0) is 25.0. The molecule has 3 heterocycles. The summed E-state index contributed by atoms with van der Waals surface area (Å²) in [6, 6.07) is 11.7. The molecule has 0 spiro atoms. The molecule has 9 nitrogen and oxygen atoms in total. The summed E-state index contributed by atoms with van der Waals surface area (Å²) in [5, 5.41) is 14.9. The number of aromatic nitrogens is 3. The van der Waals surface area contributed by atoms with Crippen molar-refractivity contribution in [3.05, 3.63) is 65.3 Å². The van der Waals surface area contributed by atoms with E-state index in [1.807, 2.05) is 28.8 Å². The maximum atomic E-state index is 12.4. The fourth-order valence-electron chi connectivity index (χ4n) is 3.63. The second-order valence-electron chi connectivity index (χ2n) is 9.07. The maximum absolute atomic E-state index is 12.4. The molecule has 0 radical (unpaired) electrons. The monoisotopic (exact) mass is 495 g/mol. The number of rotatable bonds is 8.